The zero-order valence-corrected chi connectivity index (χ0v) is 15.2. The molecule has 0 bridgehead atoms. The van der Waals surface area contributed by atoms with Crippen LogP contribution in [-0.4, -0.2) is 21.7 Å². The van der Waals surface area contributed by atoms with E-state index in [4.69, 9.17) is 11.5 Å². The van der Waals surface area contributed by atoms with Crippen molar-refractivity contribution in [2.45, 2.75) is 18.9 Å². The van der Waals surface area contributed by atoms with Crippen LogP contribution < -0.4 is 16.8 Å². The largest absolute Gasteiger partial charge is 0.384 e. The highest BCUT2D eigenvalue weighted by atomic mass is 16.1. The Balaban J connectivity index is 1.59. The molecule has 2 heterocycles. The fraction of sp³-hybridized carbons (Fsp3) is 0.143. The molecule has 1 amide bonds. The quantitative estimate of drug-likeness (QED) is 0.583. The molecule has 0 aliphatic rings. The summed E-state index contributed by atoms with van der Waals surface area (Å²) >= 11 is 0. The van der Waals surface area contributed by atoms with E-state index in [2.05, 4.69) is 15.3 Å². The molecule has 1 unspecified atom stereocenters. The molecule has 5 N–H and O–H groups in total. The molecule has 7 nitrogen and oxygen atoms in total. The number of carbonyl (C=O) groups excluding carboxylic acids is 2. The van der Waals surface area contributed by atoms with E-state index in [0.29, 0.717) is 35.5 Å². The van der Waals surface area contributed by atoms with Crippen molar-refractivity contribution in [1.82, 2.24) is 9.97 Å². The second-order valence-corrected chi connectivity index (χ2v) is 6.35. The van der Waals surface area contributed by atoms with Crippen molar-refractivity contribution in [3.8, 4) is 0 Å². The third-order valence-electron chi connectivity index (χ3n) is 4.30. The van der Waals surface area contributed by atoms with Crippen molar-refractivity contribution in [3.05, 3.63) is 83.8 Å². The number of pyridine rings is 2. The number of carbonyl (C=O) groups is 2. The maximum atomic E-state index is 12.4. The zero-order chi connectivity index (χ0) is 19.9. The Labute approximate surface area is 162 Å². The number of Topliss-reactive ketones (excluding diaryl/α,β-unsaturated/α-hetero) is 1. The number of hydrogen-bond acceptors (Lipinski definition) is 6. The number of nitrogens with one attached hydrogen (secondary N) is 1. The van der Waals surface area contributed by atoms with Crippen LogP contribution >= 0.6 is 0 Å². The van der Waals surface area contributed by atoms with Gasteiger partial charge >= 0.3 is 0 Å². The standard InChI is InChI=1S/C21H21N5O2/c22-19-12-17(9-11-25-19)26-21(28)16-6-4-15(5-7-16)20(23)18(27)8-3-14-2-1-10-24-13-14/h1-2,4-7,9-13,20H,3,8,23H2,(H3,22,25,26,28). The Hall–Kier alpha value is -3.58. The molecule has 142 valence electrons. The van der Waals surface area contributed by atoms with E-state index in [1.54, 1.807) is 48.8 Å². The van der Waals surface area contributed by atoms with Crippen molar-refractivity contribution in [2.24, 2.45) is 5.73 Å². The lowest BCUT2D eigenvalue weighted by Crippen LogP contribution is -2.22. The molecule has 0 aliphatic carbocycles. The summed E-state index contributed by atoms with van der Waals surface area (Å²) in [4.78, 5) is 32.6. The van der Waals surface area contributed by atoms with Crippen molar-refractivity contribution in [3.63, 3.8) is 0 Å². The van der Waals surface area contributed by atoms with Crippen LogP contribution in [-0.2, 0) is 11.2 Å². The second kappa shape index (κ2) is 8.88. The Morgan fingerprint density at radius 1 is 1.07 bits per heavy atom. The van der Waals surface area contributed by atoms with Gasteiger partial charge in [-0.25, -0.2) is 4.98 Å². The first-order chi connectivity index (χ1) is 13.5. The van der Waals surface area contributed by atoms with Gasteiger partial charge in [-0.3, -0.25) is 14.6 Å². The zero-order valence-electron chi connectivity index (χ0n) is 15.2. The van der Waals surface area contributed by atoms with Gasteiger partial charge in [0.15, 0.2) is 5.78 Å². The monoisotopic (exact) mass is 375 g/mol. The number of aryl methyl sites for hydroxylation is 1. The molecule has 2 aromatic heterocycles. The first-order valence-corrected chi connectivity index (χ1v) is 8.83. The molecular weight excluding hydrogens is 354 g/mol. The van der Waals surface area contributed by atoms with E-state index in [1.165, 1.54) is 6.20 Å². The van der Waals surface area contributed by atoms with Gasteiger partial charge in [-0.2, -0.15) is 0 Å². The normalized spacial score (nSPS) is 11.6. The summed E-state index contributed by atoms with van der Waals surface area (Å²) in [5.74, 6) is -0.0224. The smallest absolute Gasteiger partial charge is 0.255 e. The van der Waals surface area contributed by atoms with Gasteiger partial charge in [-0.15, -0.1) is 0 Å². The van der Waals surface area contributed by atoms with E-state index in [0.717, 1.165) is 5.56 Å². The first-order valence-electron chi connectivity index (χ1n) is 8.83. The van der Waals surface area contributed by atoms with Gasteiger partial charge in [-0.1, -0.05) is 18.2 Å². The molecule has 1 aromatic carbocycles. The minimum Gasteiger partial charge on any atom is -0.384 e. The van der Waals surface area contributed by atoms with E-state index < -0.39 is 6.04 Å². The summed E-state index contributed by atoms with van der Waals surface area (Å²) in [7, 11) is 0. The van der Waals surface area contributed by atoms with Crippen molar-refractivity contribution >= 4 is 23.2 Å². The molecule has 28 heavy (non-hydrogen) atoms. The number of benzene rings is 1. The number of rotatable bonds is 7. The molecule has 0 fully saturated rings. The number of hydrogen-bond donors (Lipinski definition) is 3. The lowest BCUT2D eigenvalue weighted by atomic mass is 9.98. The second-order valence-electron chi connectivity index (χ2n) is 6.35. The highest BCUT2D eigenvalue weighted by molar-refractivity contribution is 6.04. The van der Waals surface area contributed by atoms with Gasteiger partial charge in [0.2, 0.25) is 0 Å². The van der Waals surface area contributed by atoms with E-state index in [-0.39, 0.29) is 11.7 Å². The van der Waals surface area contributed by atoms with Gasteiger partial charge in [-0.05, 0) is 41.8 Å². The summed E-state index contributed by atoms with van der Waals surface area (Å²) in [5.41, 5.74) is 14.4. The predicted octanol–water partition coefficient (Wildman–Crippen LogP) is 2.51. The molecule has 0 radical (unpaired) electrons. The summed E-state index contributed by atoms with van der Waals surface area (Å²) in [6.07, 6.45) is 5.87. The highest BCUT2D eigenvalue weighted by Crippen LogP contribution is 2.17. The van der Waals surface area contributed by atoms with Gasteiger partial charge < -0.3 is 16.8 Å². The summed E-state index contributed by atoms with van der Waals surface area (Å²) in [6.45, 7) is 0. The molecule has 0 saturated carbocycles. The number of ketones is 1. The Morgan fingerprint density at radius 3 is 2.54 bits per heavy atom. The first kappa shape index (κ1) is 19.2. The van der Waals surface area contributed by atoms with Crippen LogP contribution in [0.4, 0.5) is 11.5 Å². The predicted molar refractivity (Wildman–Crippen MR) is 108 cm³/mol. The van der Waals surface area contributed by atoms with E-state index in [9.17, 15) is 9.59 Å². The third-order valence-corrected chi connectivity index (χ3v) is 4.30. The van der Waals surface area contributed by atoms with Gasteiger partial charge in [0, 0.05) is 42.3 Å². The minimum atomic E-state index is -0.728. The topological polar surface area (TPSA) is 124 Å². The SMILES string of the molecule is Nc1cc(NC(=O)c2ccc(C(N)C(=O)CCc3cccnc3)cc2)ccn1. The van der Waals surface area contributed by atoms with Crippen LogP contribution in [0.2, 0.25) is 0 Å². The van der Waals surface area contributed by atoms with Gasteiger partial charge in [0.05, 0.1) is 6.04 Å². The molecule has 3 aromatic rings. The number of aromatic nitrogens is 2. The average Bonchev–Trinajstić information content (AvgIpc) is 2.72. The van der Waals surface area contributed by atoms with E-state index in [1.807, 2.05) is 12.1 Å². The Bertz CT molecular complexity index is 958. The molecule has 3 rings (SSSR count). The minimum absolute atomic E-state index is 0.0617. The summed E-state index contributed by atoms with van der Waals surface area (Å²) in [5, 5.41) is 2.75. The molecular formula is C21H21N5O2. The lowest BCUT2D eigenvalue weighted by molar-refractivity contribution is -0.120. The maximum Gasteiger partial charge on any atom is 0.255 e. The van der Waals surface area contributed by atoms with Crippen molar-refractivity contribution in [1.29, 1.82) is 0 Å². The van der Waals surface area contributed by atoms with Crippen LogP contribution in [0.1, 0.15) is 33.9 Å². The fourth-order valence-corrected chi connectivity index (χ4v) is 2.73. The van der Waals surface area contributed by atoms with Gasteiger partial charge in [0.1, 0.15) is 5.82 Å². The fourth-order valence-electron chi connectivity index (χ4n) is 2.73. The van der Waals surface area contributed by atoms with Gasteiger partial charge in [0.25, 0.3) is 5.91 Å². The third kappa shape index (κ3) is 4.99. The Kier molecular flexibility index (Phi) is 6.08. The number of nitrogen functional groups attached to an aromatic ring is 1. The number of nitrogens with zero attached hydrogens (tertiary/aromatic N) is 2. The summed E-state index contributed by atoms with van der Waals surface area (Å²) < 4.78 is 0. The summed E-state index contributed by atoms with van der Waals surface area (Å²) in [6, 6.07) is 12.9. The van der Waals surface area contributed by atoms with Crippen LogP contribution in [0.15, 0.2) is 67.1 Å². The molecule has 0 saturated heterocycles. The lowest BCUT2D eigenvalue weighted by Gasteiger charge is -2.12. The highest BCUT2D eigenvalue weighted by Gasteiger charge is 2.16. The molecule has 7 heteroatoms. The molecule has 0 aliphatic heterocycles. The number of amides is 1. The number of nitrogens with two attached hydrogens (primary N) is 2. The molecule has 0 spiro atoms. The average molecular weight is 375 g/mol. The van der Waals surface area contributed by atoms with Crippen molar-refractivity contribution in [2.75, 3.05) is 11.1 Å². The maximum absolute atomic E-state index is 12.4. The van der Waals surface area contributed by atoms with Crippen LogP contribution in [0.3, 0.4) is 0 Å². The Morgan fingerprint density at radius 2 is 1.86 bits per heavy atom. The molecule has 1 atom stereocenters. The van der Waals surface area contributed by atoms with Crippen LogP contribution in [0, 0.1) is 0 Å². The van der Waals surface area contributed by atoms with Crippen LogP contribution in [0.25, 0.3) is 0 Å². The number of anilines is 2. The van der Waals surface area contributed by atoms with Crippen molar-refractivity contribution < 1.29 is 9.59 Å². The van der Waals surface area contributed by atoms with Crippen LogP contribution in [0.5, 0.6) is 0 Å². The van der Waals surface area contributed by atoms with E-state index >= 15 is 0 Å².